The molecule has 0 aliphatic heterocycles. The van der Waals surface area contributed by atoms with E-state index in [-0.39, 0.29) is 6.10 Å². The zero-order chi connectivity index (χ0) is 17.2. The van der Waals surface area contributed by atoms with Crippen LogP contribution in [0.3, 0.4) is 0 Å². The maximum atomic E-state index is 10.2. The molecule has 0 aromatic carbocycles. The Kier molecular flexibility index (Phi) is 16.4. The topological polar surface area (TPSA) is 57.5 Å². The molecule has 3 nitrogen and oxygen atoms in total. The van der Waals surface area contributed by atoms with Gasteiger partial charge < -0.3 is 10.2 Å². The summed E-state index contributed by atoms with van der Waals surface area (Å²) < 4.78 is 0. The van der Waals surface area contributed by atoms with Gasteiger partial charge in [-0.2, -0.15) is 0 Å². The molecule has 0 bridgehead atoms. The standard InChI is InChI=1S/C20H36O3/c1-2-3-4-13-16-19(21)17-14-11-9-7-5-6-8-10-12-15-18-20(22)23/h10,12,15,18-19,21H,2-9,11,13-14,16-17H2,1H3,(H,22,23)/b12-10+,18-15+. The Morgan fingerprint density at radius 2 is 1.43 bits per heavy atom. The fraction of sp³-hybridized carbons (Fsp3) is 0.750. The average molecular weight is 325 g/mol. The molecule has 0 radical (unpaired) electrons. The first-order valence-electron chi connectivity index (χ1n) is 9.41. The van der Waals surface area contributed by atoms with E-state index in [4.69, 9.17) is 5.11 Å². The van der Waals surface area contributed by atoms with Crippen LogP contribution in [0.5, 0.6) is 0 Å². The Labute approximate surface area is 142 Å². The summed E-state index contributed by atoms with van der Waals surface area (Å²) in [6.07, 6.45) is 21.7. The van der Waals surface area contributed by atoms with Crippen LogP contribution in [0.25, 0.3) is 0 Å². The van der Waals surface area contributed by atoms with Gasteiger partial charge in [0.1, 0.15) is 0 Å². The minimum Gasteiger partial charge on any atom is -0.478 e. The summed E-state index contributed by atoms with van der Waals surface area (Å²) in [7, 11) is 0. The zero-order valence-electron chi connectivity index (χ0n) is 14.9. The lowest BCUT2D eigenvalue weighted by Crippen LogP contribution is -2.05. The molecule has 3 heteroatoms. The first-order chi connectivity index (χ1) is 11.2. The molecule has 0 aliphatic carbocycles. The minimum atomic E-state index is -0.902. The summed E-state index contributed by atoms with van der Waals surface area (Å²) in [5.41, 5.74) is 0. The number of aliphatic hydroxyl groups is 1. The lowest BCUT2D eigenvalue weighted by molar-refractivity contribution is -0.131. The second kappa shape index (κ2) is 17.3. The molecule has 0 rings (SSSR count). The van der Waals surface area contributed by atoms with Crippen LogP contribution in [0.1, 0.15) is 90.4 Å². The van der Waals surface area contributed by atoms with Crippen molar-refractivity contribution in [3.8, 4) is 0 Å². The third-order valence-electron chi connectivity index (χ3n) is 4.04. The Morgan fingerprint density at radius 1 is 0.870 bits per heavy atom. The summed E-state index contributed by atoms with van der Waals surface area (Å²) in [6.45, 7) is 2.21. The second-order valence-electron chi connectivity index (χ2n) is 6.33. The first kappa shape index (κ1) is 21.9. The largest absolute Gasteiger partial charge is 0.478 e. The number of carboxylic acid groups (broad SMARTS) is 1. The van der Waals surface area contributed by atoms with Crippen LogP contribution in [0.15, 0.2) is 24.3 Å². The average Bonchev–Trinajstić information content (AvgIpc) is 2.52. The van der Waals surface area contributed by atoms with Crippen LogP contribution in [0.4, 0.5) is 0 Å². The van der Waals surface area contributed by atoms with Crippen molar-refractivity contribution >= 4 is 5.97 Å². The van der Waals surface area contributed by atoms with Gasteiger partial charge in [-0.1, -0.05) is 82.9 Å². The molecule has 0 amide bonds. The maximum absolute atomic E-state index is 10.2. The third kappa shape index (κ3) is 18.9. The number of allylic oxidation sites excluding steroid dienone is 3. The molecule has 0 fully saturated rings. The van der Waals surface area contributed by atoms with Crippen molar-refractivity contribution in [2.45, 2.75) is 96.5 Å². The zero-order valence-corrected chi connectivity index (χ0v) is 14.9. The van der Waals surface area contributed by atoms with Gasteiger partial charge in [0.25, 0.3) is 0 Å². The van der Waals surface area contributed by atoms with E-state index >= 15 is 0 Å². The number of rotatable bonds is 16. The Bertz CT molecular complexity index is 321. The fourth-order valence-corrected chi connectivity index (χ4v) is 2.61. The second-order valence-corrected chi connectivity index (χ2v) is 6.33. The summed E-state index contributed by atoms with van der Waals surface area (Å²) in [5, 5.41) is 18.3. The molecule has 0 spiro atoms. The van der Waals surface area contributed by atoms with E-state index in [0.717, 1.165) is 38.2 Å². The lowest BCUT2D eigenvalue weighted by atomic mass is 10.0. The highest BCUT2D eigenvalue weighted by Crippen LogP contribution is 2.13. The van der Waals surface area contributed by atoms with E-state index in [2.05, 4.69) is 6.92 Å². The quantitative estimate of drug-likeness (QED) is 0.219. The van der Waals surface area contributed by atoms with Crippen LogP contribution in [0, 0.1) is 0 Å². The number of aliphatic hydroxyl groups excluding tert-OH is 1. The minimum absolute atomic E-state index is 0.0872. The van der Waals surface area contributed by atoms with Crippen LogP contribution in [-0.2, 0) is 4.79 Å². The van der Waals surface area contributed by atoms with Crippen molar-refractivity contribution in [3.63, 3.8) is 0 Å². The van der Waals surface area contributed by atoms with E-state index in [1.807, 2.05) is 6.08 Å². The van der Waals surface area contributed by atoms with Crippen molar-refractivity contribution in [1.82, 2.24) is 0 Å². The highest BCUT2D eigenvalue weighted by atomic mass is 16.4. The molecular weight excluding hydrogens is 288 g/mol. The molecule has 2 N–H and O–H groups in total. The predicted octanol–water partition coefficient (Wildman–Crippen LogP) is 5.64. The number of hydrogen-bond acceptors (Lipinski definition) is 2. The van der Waals surface area contributed by atoms with Crippen molar-refractivity contribution in [3.05, 3.63) is 24.3 Å². The van der Waals surface area contributed by atoms with Gasteiger partial charge in [-0.05, 0) is 25.7 Å². The predicted molar refractivity (Wildman–Crippen MR) is 97.6 cm³/mol. The van der Waals surface area contributed by atoms with E-state index in [1.165, 1.54) is 51.4 Å². The number of hydrogen-bond donors (Lipinski definition) is 2. The van der Waals surface area contributed by atoms with Gasteiger partial charge in [-0.15, -0.1) is 0 Å². The van der Waals surface area contributed by atoms with E-state index in [1.54, 1.807) is 12.2 Å². The summed E-state index contributed by atoms with van der Waals surface area (Å²) >= 11 is 0. The van der Waals surface area contributed by atoms with Crippen LogP contribution in [-0.4, -0.2) is 22.3 Å². The molecule has 0 saturated carbocycles. The Balaban J connectivity index is 3.25. The van der Waals surface area contributed by atoms with Gasteiger partial charge in [0.2, 0.25) is 0 Å². The number of unbranched alkanes of at least 4 members (excludes halogenated alkanes) is 9. The molecular formula is C20H36O3. The van der Waals surface area contributed by atoms with E-state index in [0.29, 0.717) is 0 Å². The van der Waals surface area contributed by atoms with Gasteiger partial charge in [0, 0.05) is 6.08 Å². The SMILES string of the molecule is CCCCCCC(O)CCCCCCCC/C=C/C=C/C(=O)O. The smallest absolute Gasteiger partial charge is 0.328 e. The molecule has 0 aromatic heterocycles. The van der Waals surface area contributed by atoms with Gasteiger partial charge in [-0.25, -0.2) is 4.79 Å². The molecule has 0 heterocycles. The highest BCUT2D eigenvalue weighted by molar-refractivity contribution is 5.80. The number of carboxylic acids is 1. The first-order valence-corrected chi connectivity index (χ1v) is 9.41. The maximum Gasteiger partial charge on any atom is 0.328 e. The fourth-order valence-electron chi connectivity index (χ4n) is 2.61. The van der Waals surface area contributed by atoms with Crippen LogP contribution in [0.2, 0.25) is 0 Å². The molecule has 134 valence electrons. The van der Waals surface area contributed by atoms with Gasteiger partial charge in [0.15, 0.2) is 0 Å². The van der Waals surface area contributed by atoms with Crippen molar-refractivity contribution < 1.29 is 15.0 Å². The van der Waals surface area contributed by atoms with Crippen molar-refractivity contribution in [2.24, 2.45) is 0 Å². The Hall–Kier alpha value is -1.09. The normalized spacial score (nSPS) is 13.1. The number of carbonyl (C=O) groups is 1. The molecule has 0 aliphatic rings. The Morgan fingerprint density at radius 3 is 2.04 bits per heavy atom. The van der Waals surface area contributed by atoms with E-state index < -0.39 is 5.97 Å². The van der Waals surface area contributed by atoms with Gasteiger partial charge in [0.05, 0.1) is 6.10 Å². The highest BCUT2D eigenvalue weighted by Gasteiger charge is 2.03. The van der Waals surface area contributed by atoms with Gasteiger partial charge in [-0.3, -0.25) is 0 Å². The monoisotopic (exact) mass is 324 g/mol. The summed E-state index contributed by atoms with van der Waals surface area (Å²) in [4.78, 5) is 10.2. The molecule has 23 heavy (non-hydrogen) atoms. The molecule has 0 aromatic rings. The van der Waals surface area contributed by atoms with Crippen molar-refractivity contribution in [2.75, 3.05) is 0 Å². The third-order valence-corrected chi connectivity index (χ3v) is 4.04. The van der Waals surface area contributed by atoms with Crippen LogP contribution >= 0.6 is 0 Å². The van der Waals surface area contributed by atoms with Crippen LogP contribution < -0.4 is 0 Å². The van der Waals surface area contributed by atoms with E-state index in [9.17, 15) is 9.90 Å². The molecule has 1 atom stereocenters. The summed E-state index contributed by atoms with van der Waals surface area (Å²) in [5.74, 6) is -0.902. The number of aliphatic carboxylic acids is 1. The van der Waals surface area contributed by atoms with Gasteiger partial charge >= 0.3 is 5.97 Å². The molecule has 1 unspecified atom stereocenters. The molecule has 0 saturated heterocycles. The van der Waals surface area contributed by atoms with Crippen molar-refractivity contribution in [1.29, 1.82) is 0 Å². The summed E-state index contributed by atoms with van der Waals surface area (Å²) in [6, 6.07) is 0. The lowest BCUT2D eigenvalue weighted by Gasteiger charge is -2.09.